The van der Waals surface area contributed by atoms with Gasteiger partial charge in [-0.1, -0.05) is 27.5 Å². The lowest BCUT2D eigenvalue weighted by Crippen LogP contribution is -2.08. The number of benzene rings is 2. The maximum Gasteiger partial charge on any atom is 0.340 e. The van der Waals surface area contributed by atoms with Crippen molar-refractivity contribution in [2.24, 2.45) is 0 Å². The zero-order chi connectivity index (χ0) is 15.4. The van der Waals surface area contributed by atoms with Gasteiger partial charge >= 0.3 is 5.97 Å². The molecule has 0 atom stereocenters. The van der Waals surface area contributed by atoms with Crippen molar-refractivity contribution in [1.29, 1.82) is 0 Å². The normalized spacial score (nSPS) is 10.2. The van der Waals surface area contributed by atoms with Gasteiger partial charge in [-0.2, -0.15) is 0 Å². The zero-order valence-corrected chi connectivity index (χ0v) is 13.6. The third-order valence-electron chi connectivity index (χ3n) is 2.84. The van der Waals surface area contributed by atoms with E-state index >= 15 is 0 Å². The molecule has 0 aromatic heterocycles. The zero-order valence-electron chi connectivity index (χ0n) is 11.2. The summed E-state index contributed by atoms with van der Waals surface area (Å²) in [5.41, 5.74) is 7.07. The Bertz CT molecular complexity index is 676. The van der Waals surface area contributed by atoms with Gasteiger partial charge in [0.25, 0.3) is 0 Å². The molecule has 6 heteroatoms. The summed E-state index contributed by atoms with van der Waals surface area (Å²) in [6.45, 7) is 0.0768. The average molecular weight is 371 g/mol. The summed E-state index contributed by atoms with van der Waals surface area (Å²) in [6.07, 6.45) is 0. The highest BCUT2D eigenvalue weighted by Crippen LogP contribution is 2.25. The molecule has 110 valence electrons. The number of carbonyl (C=O) groups is 1. The quantitative estimate of drug-likeness (QED) is 0.651. The standard InChI is InChI=1S/C15H13BrClNO3/c1-20-14-5-2-10(16)6-9(14)8-21-15(19)12-7-11(17)3-4-13(12)18/h2-7H,8,18H2,1H3. The van der Waals surface area contributed by atoms with Crippen LogP contribution in [0.4, 0.5) is 5.69 Å². The predicted molar refractivity (Wildman–Crippen MR) is 85.7 cm³/mol. The van der Waals surface area contributed by atoms with Crippen LogP contribution in [0.25, 0.3) is 0 Å². The van der Waals surface area contributed by atoms with E-state index in [1.54, 1.807) is 25.3 Å². The first-order chi connectivity index (χ1) is 10.0. The fraction of sp³-hybridized carbons (Fsp3) is 0.133. The van der Waals surface area contributed by atoms with Crippen LogP contribution in [0.1, 0.15) is 15.9 Å². The van der Waals surface area contributed by atoms with Gasteiger partial charge in [0.15, 0.2) is 0 Å². The van der Waals surface area contributed by atoms with Crippen LogP contribution in [0, 0.1) is 0 Å². The molecule has 4 nitrogen and oxygen atoms in total. The number of esters is 1. The van der Waals surface area contributed by atoms with Crippen LogP contribution in [0.3, 0.4) is 0 Å². The number of hydrogen-bond donors (Lipinski definition) is 1. The van der Waals surface area contributed by atoms with E-state index in [0.29, 0.717) is 16.5 Å². The second-order valence-corrected chi connectivity index (χ2v) is 5.62. The van der Waals surface area contributed by atoms with Gasteiger partial charge in [-0.25, -0.2) is 4.79 Å². The third kappa shape index (κ3) is 3.89. The highest BCUT2D eigenvalue weighted by molar-refractivity contribution is 9.10. The van der Waals surface area contributed by atoms with Crippen molar-refractivity contribution in [2.45, 2.75) is 6.61 Å². The van der Waals surface area contributed by atoms with Gasteiger partial charge in [0.05, 0.1) is 12.7 Å². The molecule has 21 heavy (non-hydrogen) atoms. The summed E-state index contributed by atoms with van der Waals surface area (Å²) in [7, 11) is 1.56. The van der Waals surface area contributed by atoms with Crippen LogP contribution < -0.4 is 10.5 Å². The molecule has 0 bridgehead atoms. The topological polar surface area (TPSA) is 61.5 Å². The Kier molecular flexibility index (Phi) is 5.09. The molecular formula is C15H13BrClNO3. The summed E-state index contributed by atoms with van der Waals surface area (Å²) in [6, 6.07) is 10.1. The molecule has 2 rings (SSSR count). The number of carbonyl (C=O) groups excluding carboxylic acids is 1. The molecule has 2 aromatic carbocycles. The van der Waals surface area contributed by atoms with Gasteiger partial charge in [0.1, 0.15) is 12.4 Å². The second-order valence-electron chi connectivity index (χ2n) is 4.26. The maximum absolute atomic E-state index is 12.1. The first kappa shape index (κ1) is 15.7. The lowest BCUT2D eigenvalue weighted by atomic mass is 10.2. The monoisotopic (exact) mass is 369 g/mol. The fourth-order valence-corrected chi connectivity index (χ4v) is 2.37. The fourth-order valence-electron chi connectivity index (χ4n) is 1.79. The van der Waals surface area contributed by atoms with Crippen LogP contribution in [-0.2, 0) is 11.3 Å². The molecule has 0 aliphatic heterocycles. The Hall–Kier alpha value is -1.72. The summed E-state index contributed by atoms with van der Waals surface area (Å²) < 4.78 is 11.4. The maximum atomic E-state index is 12.1. The number of rotatable bonds is 4. The minimum absolute atomic E-state index is 0.0768. The van der Waals surface area contributed by atoms with E-state index in [9.17, 15) is 4.79 Å². The Morgan fingerprint density at radius 1 is 1.29 bits per heavy atom. The first-order valence-electron chi connectivity index (χ1n) is 6.06. The van der Waals surface area contributed by atoms with Gasteiger partial charge in [-0.3, -0.25) is 0 Å². The van der Waals surface area contributed by atoms with Gasteiger partial charge in [0.2, 0.25) is 0 Å². The van der Waals surface area contributed by atoms with Crippen LogP contribution in [0.5, 0.6) is 5.75 Å². The number of ether oxygens (including phenoxy) is 2. The van der Waals surface area contributed by atoms with Crippen molar-refractivity contribution < 1.29 is 14.3 Å². The van der Waals surface area contributed by atoms with Crippen molar-refractivity contribution in [2.75, 3.05) is 12.8 Å². The van der Waals surface area contributed by atoms with Crippen molar-refractivity contribution in [1.82, 2.24) is 0 Å². The van der Waals surface area contributed by atoms with Gasteiger partial charge < -0.3 is 15.2 Å². The summed E-state index contributed by atoms with van der Waals surface area (Å²) in [5, 5.41) is 0.427. The lowest BCUT2D eigenvalue weighted by Gasteiger charge is -2.11. The Labute approximate surface area is 135 Å². The van der Waals surface area contributed by atoms with Crippen LogP contribution in [-0.4, -0.2) is 13.1 Å². The minimum atomic E-state index is -0.531. The van der Waals surface area contributed by atoms with E-state index < -0.39 is 5.97 Å². The highest BCUT2D eigenvalue weighted by Gasteiger charge is 2.13. The van der Waals surface area contributed by atoms with Crippen LogP contribution in [0.15, 0.2) is 40.9 Å². The largest absolute Gasteiger partial charge is 0.496 e. The van der Waals surface area contributed by atoms with E-state index in [2.05, 4.69) is 15.9 Å². The number of nitrogens with two attached hydrogens (primary N) is 1. The average Bonchev–Trinajstić information content (AvgIpc) is 2.47. The molecule has 0 amide bonds. The van der Waals surface area contributed by atoms with Crippen molar-refractivity contribution in [3.8, 4) is 5.75 Å². The molecule has 2 aromatic rings. The summed E-state index contributed by atoms with van der Waals surface area (Å²) in [4.78, 5) is 12.1. The molecule has 0 radical (unpaired) electrons. The molecule has 2 N–H and O–H groups in total. The van der Waals surface area contributed by atoms with Crippen LogP contribution >= 0.6 is 27.5 Å². The number of hydrogen-bond acceptors (Lipinski definition) is 4. The molecule has 0 fully saturated rings. The van der Waals surface area contributed by atoms with E-state index in [0.717, 1.165) is 10.0 Å². The summed E-state index contributed by atoms with van der Waals surface area (Å²) >= 11 is 9.22. The van der Waals surface area contributed by atoms with E-state index in [1.165, 1.54) is 6.07 Å². The third-order valence-corrected chi connectivity index (χ3v) is 3.56. The molecule has 0 unspecified atom stereocenters. The van der Waals surface area contributed by atoms with Crippen molar-refractivity contribution in [3.63, 3.8) is 0 Å². The second kappa shape index (κ2) is 6.83. The van der Waals surface area contributed by atoms with Gasteiger partial charge in [0, 0.05) is 20.7 Å². The number of halogens is 2. The smallest absolute Gasteiger partial charge is 0.340 e. The Morgan fingerprint density at radius 3 is 2.76 bits per heavy atom. The Morgan fingerprint density at radius 2 is 2.05 bits per heavy atom. The molecule has 0 aliphatic carbocycles. The molecule has 0 spiro atoms. The van der Waals surface area contributed by atoms with E-state index in [4.69, 9.17) is 26.8 Å². The molecule has 0 aliphatic rings. The number of methoxy groups -OCH3 is 1. The van der Waals surface area contributed by atoms with Crippen molar-refractivity contribution >= 4 is 39.2 Å². The Balaban J connectivity index is 2.14. The van der Waals surface area contributed by atoms with Gasteiger partial charge in [-0.05, 0) is 36.4 Å². The minimum Gasteiger partial charge on any atom is -0.496 e. The van der Waals surface area contributed by atoms with Crippen molar-refractivity contribution in [3.05, 3.63) is 57.0 Å². The molecule has 0 saturated heterocycles. The summed E-state index contributed by atoms with van der Waals surface area (Å²) in [5.74, 6) is 0.113. The molecular weight excluding hydrogens is 358 g/mol. The number of anilines is 1. The van der Waals surface area contributed by atoms with E-state index in [-0.39, 0.29) is 12.2 Å². The highest BCUT2D eigenvalue weighted by atomic mass is 79.9. The lowest BCUT2D eigenvalue weighted by molar-refractivity contribution is 0.0471. The SMILES string of the molecule is COc1ccc(Br)cc1COC(=O)c1cc(Cl)ccc1N. The van der Waals surface area contributed by atoms with Crippen LogP contribution in [0.2, 0.25) is 5.02 Å². The molecule has 0 heterocycles. The predicted octanol–water partition coefficient (Wildman–Crippen LogP) is 4.05. The first-order valence-corrected chi connectivity index (χ1v) is 7.23. The molecule has 0 saturated carbocycles. The van der Waals surface area contributed by atoms with Gasteiger partial charge in [-0.15, -0.1) is 0 Å². The number of nitrogen functional groups attached to an aromatic ring is 1. The van der Waals surface area contributed by atoms with E-state index in [1.807, 2.05) is 12.1 Å².